The minimum Gasteiger partial charge on any atom is -0.434 e. The molecular weight excluding hydrogens is 216 g/mol. The maximum atomic E-state index is 10.4. The Hall–Kier alpha value is -1.56. The van der Waals surface area contributed by atoms with Crippen molar-refractivity contribution in [3.63, 3.8) is 0 Å². The third kappa shape index (κ3) is 2.47. The number of non-ortho nitro benzene ring substituents is 1. The van der Waals surface area contributed by atoms with E-state index in [1.165, 1.54) is 12.1 Å². The highest BCUT2D eigenvalue weighted by Gasteiger charge is 2.10. The van der Waals surface area contributed by atoms with Crippen LogP contribution in [0.15, 0.2) is 29.3 Å². The Morgan fingerprint density at radius 3 is 2.67 bits per heavy atom. The second kappa shape index (κ2) is 4.31. The number of hydrogen-bond donors (Lipinski definition) is 0. The Balaban J connectivity index is 2.06. The van der Waals surface area contributed by atoms with Crippen LogP contribution in [-0.2, 0) is 0 Å². The van der Waals surface area contributed by atoms with Crippen LogP contribution in [0.2, 0.25) is 0 Å². The number of rotatable bonds is 2. The van der Waals surface area contributed by atoms with E-state index in [2.05, 4.69) is 4.99 Å². The number of ether oxygens (including phenoxy) is 1. The highest BCUT2D eigenvalue weighted by molar-refractivity contribution is 8.13. The molecule has 0 fully saturated rings. The van der Waals surface area contributed by atoms with Gasteiger partial charge < -0.3 is 4.74 Å². The maximum absolute atomic E-state index is 10.4. The summed E-state index contributed by atoms with van der Waals surface area (Å²) in [4.78, 5) is 14.1. The predicted octanol–water partition coefficient (Wildman–Crippen LogP) is 2.08. The Morgan fingerprint density at radius 1 is 1.40 bits per heavy atom. The van der Waals surface area contributed by atoms with Crippen molar-refractivity contribution in [3.8, 4) is 5.75 Å². The van der Waals surface area contributed by atoms with Crippen LogP contribution >= 0.6 is 11.8 Å². The monoisotopic (exact) mass is 224 g/mol. The molecule has 1 aromatic rings. The summed E-state index contributed by atoms with van der Waals surface area (Å²) in [5, 5.41) is 11.0. The average molecular weight is 224 g/mol. The summed E-state index contributed by atoms with van der Waals surface area (Å²) in [5.41, 5.74) is 0.0587. The van der Waals surface area contributed by atoms with E-state index in [9.17, 15) is 10.1 Å². The summed E-state index contributed by atoms with van der Waals surface area (Å²) >= 11 is 1.54. The van der Waals surface area contributed by atoms with Gasteiger partial charge >= 0.3 is 0 Å². The molecule has 1 aliphatic heterocycles. The van der Waals surface area contributed by atoms with Crippen LogP contribution in [0.3, 0.4) is 0 Å². The van der Waals surface area contributed by atoms with E-state index in [1.807, 2.05) is 0 Å². The van der Waals surface area contributed by atoms with Crippen LogP contribution < -0.4 is 4.74 Å². The lowest BCUT2D eigenvalue weighted by atomic mass is 10.3. The van der Waals surface area contributed by atoms with Crippen LogP contribution in [-0.4, -0.2) is 22.5 Å². The molecule has 0 unspecified atom stereocenters. The van der Waals surface area contributed by atoms with Crippen molar-refractivity contribution in [1.29, 1.82) is 0 Å². The summed E-state index contributed by atoms with van der Waals surface area (Å²) in [6.07, 6.45) is 0. The minimum absolute atomic E-state index is 0.0587. The van der Waals surface area contributed by atoms with E-state index in [1.54, 1.807) is 23.9 Å². The molecule has 1 heterocycles. The van der Waals surface area contributed by atoms with Crippen LogP contribution in [0.5, 0.6) is 5.75 Å². The molecule has 0 aliphatic carbocycles. The van der Waals surface area contributed by atoms with Crippen LogP contribution in [0.4, 0.5) is 5.69 Å². The maximum Gasteiger partial charge on any atom is 0.269 e. The van der Waals surface area contributed by atoms with Crippen LogP contribution in [0, 0.1) is 10.1 Å². The molecule has 1 aliphatic rings. The van der Waals surface area contributed by atoms with Crippen molar-refractivity contribution in [2.24, 2.45) is 4.99 Å². The molecule has 0 spiro atoms. The first-order valence-corrected chi connectivity index (χ1v) is 5.34. The number of benzene rings is 1. The highest BCUT2D eigenvalue weighted by atomic mass is 32.2. The van der Waals surface area contributed by atoms with Crippen molar-refractivity contribution >= 4 is 22.7 Å². The normalized spacial score (nSPS) is 14.8. The number of nitro benzene ring substituents is 1. The molecule has 0 saturated carbocycles. The van der Waals surface area contributed by atoms with Crippen molar-refractivity contribution in [2.45, 2.75) is 0 Å². The van der Waals surface area contributed by atoms with Gasteiger partial charge in [0.2, 0.25) is 0 Å². The molecule has 2 rings (SSSR count). The molecule has 0 radical (unpaired) electrons. The van der Waals surface area contributed by atoms with E-state index in [-0.39, 0.29) is 5.69 Å². The van der Waals surface area contributed by atoms with Crippen molar-refractivity contribution in [1.82, 2.24) is 0 Å². The fourth-order valence-corrected chi connectivity index (χ4v) is 1.81. The standard InChI is InChI=1S/C9H8N2O3S/c12-11(13)7-1-3-8(4-2-7)14-9-10-5-6-15-9/h1-4H,5-6H2. The Bertz CT molecular complexity index is 402. The number of nitrogens with zero attached hydrogens (tertiary/aromatic N) is 2. The SMILES string of the molecule is O=[N+]([O-])c1ccc(OC2=NCCS2)cc1. The molecule has 5 nitrogen and oxygen atoms in total. The lowest BCUT2D eigenvalue weighted by Gasteiger charge is -2.02. The molecule has 0 N–H and O–H groups in total. The number of thioether (sulfide) groups is 1. The van der Waals surface area contributed by atoms with Gasteiger partial charge in [-0.05, 0) is 12.1 Å². The van der Waals surface area contributed by atoms with Gasteiger partial charge in [-0.25, -0.2) is 4.99 Å². The van der Waals surface area contributed by atoms with E-state index >= 15 is 0 Å². The first kappa shape index (κ1) is 9.97. The molecule has 0 bridgehead atoms. The van der Waals surface area contributed by atoms with Gasteiger partial charge in [-0.1, -0.05) is 11.8 Å². The van der Waals surface area contributed by atoms with Gasteiger partial charge in [0.1, 0.15) is 5.75 Å². The Kier molecular flexibility index (Phi) is 2.86. The van der Waals surface area contributed by atoms with E-state index < -0.39 is 4.92 Å². The topological polar surface area (TPSA) is 64.7 Å². The molecule has 0 atom stereocenters. The third-order valence-corrected chi connectivity index (χ3v) is 2.66. The zero-order valence-corrected chi connectivity index (χ0v) is 8.57. The van der Waals surface area contributed by atoms with Crippen molar-refractivity contribution < 1.29 is 9.66 Å². The van der Waals surface area contributed by atoms with Gasteiger partial charge in [-0.15, -0.1) is 0 Å². The molecule has 0 saturated heterocycles. The van der Waals surface area contributed by atoms with Gasteiger partial charge in [0.05, 0.1) is 11.5 Å². The predicted molar refractivity (Wildman–Crippen MR) is 58.5 cm³/mol. The summed E-state index contributed by atoms with van der Waals surface area (Å²) in [7, 11) is 0. The lowest BCUT2D eigenvalue weighted by Crippen LogP contribution is -2.00. The zero-order chi connectivity index (χ0) is 10.7. The summed E-state index contributed by atoms with van der Waals surface area (Å²) in [6.45, 7) is 0.771. The Morgan fingerprint density at radius 2 is 2.13 bits per heavy atom. The molecule has 6 heteroatoms. The number of hydrogen-bond acceptors (Lipinski definition) is 5. The van der Waals surface area contributed by atoms with Gasteiger partial charge in [0, 0.05) is 17.9 Å². The summed E-state index contributed by atoms with van der Waals surface area (Å²) in [6, 6.07) is 5.96. The summed E-state index contributed by atoms with van der Waals surface area (Å²) in [5.74, 6) is 1.51. The molecule has 78 valence electrons. The average Bonchev–Trinajstić information content (AvgIpc) is 2.71. The highest BCUT2D eigenvalue weighted by Crippen LogP contribution is 2.21. The van der Waals surface area contributed by atoms with Crippen molar-refractivity contribution in [2.75, 3.05) is 12.3 Å². The fraction of sp³-hybridized carbons (Fsp3) is 0.222. The fourth-order valence-electron chi connectivity index (χ4n) is 1.11. The minimum atomic E-state index is -0.439. The second-order valence-corrected chi connectivity index (χ2v) is 3.90. The van der Waals surface area contributed by atoms with Gasteiger partial charge in [-0.2, -0.15) is 0 Å². The Labute approximate surface area is 90.3 Å². The van der Waals surface area contributed by atoms with E-state index in [0.29, 0.717) is 11.0 Å². The molecule has 0 amide bonds. The summed E-state index contributed by atoms with van der Waals surface area (Å²) < 4.78 is 5.40. The van der Waals surface area contributed by atoms with E-state index in [0.717, 1.165) is 12.3 Å². The zero-order valence-electron chi connectivity index (χ0n) is 7.75. The first-order valence-electron chi connectivity index (χ1n) is 4.35. The van der Waals surface area contributed by atoms with Crippen molar-refractivity contribution in [3.05, 3.63) is 34.4 Å². The third-order valence-electron chi connectivity index (χ3n) is 1.81. The second-order valence-electron chi connectivity index (χ2n) is 2.85. The molecule has 0 aromatic heterocycles. The largest absolute Gasteiger partial charge is 0.434 e. The lowest BCUT2D eigenvalue weighted by molar-refractivity contribution is -0.384. The number of aliphatic imine (C=N–C) groups is 1. The number of nitro groups is 1. The van der Waals surface area contributed by atoms with Crippen LogP contribution in [0.25, 0.3) is 0 Å². The molecule has 15 heavy (non-hydrogen) atoms. The molecular formula is C9H8N2O3S. The van der Waals surface area contributed by atoms with Gasteiger partial charge in [0.25, 0.3) is 10.9 Å². The quantitative estimate of drug-likeness (QED) is 0.569. The first-order chi connectivity index (χ1) is 7.25. The van der Waals surface area contributed by atoms with Gasteiger partial charge in [-0.3, -0.25) is 10.1 Å². The molecule has 1 aromatic carbocycles. The van der Waals surface area contributed by atoms with Gasteiger partial charge in [0.15, 0.2) is 0 Å². The van der Waals surface area contributed by atoms with E-state index in [4.69, 9.17) is 4.74 Å². The van der Waals surface area contributed by atoms with Crippen LogP contribution in [0.1, 0.15) is 0 Å². The smallest absolute Gasteiger partial charge is 0.269 e.